The van der Waals surface area contributed by atoms with Crippen LogP contribution in [-0.2, 0) is 0 Å². The largest absolute Gasteiger partial charge is 0.412 e. The van der Waals surface area contributed by atoms with Crippen LogP contribution in [0.5, 0.6) is 0 Å². The first kappa shape index (κ1) is 15.7. The van der Waals surface area contributed by atoms with Gasteiger partial charge >= 0.3 is 0 Å². The third kappa shape index (κ3) is 16.4. The van der Waals surface area contributed by atoms with E-state index >= 15 is 0 Å². The predicted octanol–water partition coefficient (Wildman–Crippen LogP) is 0.622. The molecule has 0 rings (SSSR count). The normalized spacial score (nSPS) is 7.50. The van der Waals surface area contributed by atoms with Crippen LogP contribution in [0.2, 0.25) is 0 Å². The van der Waals surface area contributed by atoms with E-state index in [4.69, 9.17) is 5.11 Å². The fraction of sp³-hybridized carbons (Fsp3) is 1.00. The minimum atomic E-state index is 0. The Bertz CT molecular complexity index is 31.6. The molecule has 0 aromatic rings. The molecule has 0 spiro atoms. The smallest absolute Gasteiger partial charge is 0.0433 e. The van der Waals surface area contributed by atoms with Crippen LogP contribution in [0.3, 0.4) is 0 Å². The highest BCUT2D eigenvalue weighted by atomic mass is 35.5. The van der Waals surface area contributed by atoms with Gasteiger partial charge in [0, 0.05) is 6.61 Å². The van der Waals surface area contributed by atoms with Crippen LogP contribution < -0.4 is 0 Å². The number of halogens is 1. The molecule has 0 amide bonds. The Hall–Kier alpha value is 0.210. The second-order valence-corrected chi connectivity index (χ2v) is 1.91. The summed E-state index contributed by atoms with van der Waals surface area (Å²) in [5.74, 6) is 0.648. The summed E-state index contributed by atoms with van der Waals surface area (Å²) in [7, 11) is 0. The van der Waals surface area contributed by atoms with Crippen molar-refractivity contribution in [3.8, 4) is 0 Å². The standard InChI is InChI=1S/C5H12O.ClH.H2O/c1-5(2)3-4-6;;/h5-6H,3-4H2,1-2H3;1H;1H2. The van der Waals surface area contributed by atoms with Crippen LogP contribution in [0.1, 0.15) is 20.3 Å². The zero-order valence-electron chi connectivity index (χ0n) is 5.35. The van der Waals surface area contributed by atoms with Gasteiger partial charge in [0.05, 0.1) is 0 Å². The van der Waals surface area contributed by atoms with Gasteiger partial charge in [-0.3, -0.25) is 0 Å². The van der Waals surface area contributed by atoms with Crippen molar-refractivity contribution in [1.29, 1.82) is 0 Å². The molecular weight excluding hydrogens is 128 g/mol. The van der Waals surface area contributed by atoms with Gasteiger partial charge in [-0.05, 0) is 12.3 Å². The molecule has 0 aromatic heterocycles. The maximum atomic E-state index is 8.24. The second-order valence-electron chi connectivity index (χ2n) is 1.91. The Kier molecular flexibility index (Phi) is 20.1. The molecule has 0 heterocycles. The monoisotopic (exact) mass is 142 g/mol. The average molecular weight is 143 g/mol. The molecule has 3 N–H and O–H groups in total. The lowest BCUT2D eigenvalue weighted by Gasteiger charge is -1.95. The van der Waals surface area contributed by atoms with Gasteiger partial charge in [-0.25, -0.2) is 0 Å². The van der Waals surface area contributed by atoms with E-state index in [9.17, 15) is 0 Å². The number of hydrogen-bond donors (Lipinski definition) is 1. The number of rotatable bonds is 2. The van der Waals surface area contributed by atoms with Crippen molar-refractivity contribution in [1.82, 2.24) is 0 Å². The lowest BCUT2D eigenvalue weighted by atomic mass is 10.2. The molecule has 0 saturated carbocycles. The lowest BCUT2D eigenvalue weighted by molar-refractivity contribution is 0.268. The molecule has 0 fully saturated rings. The first-order chi connectivity index (χ1) is 2.77. The van der Waals surface area contributed by atoms with E-state index in [0.717, 1.165) is 6.42 Å². The molecule has 0 unspecified atom stereocenters. The maximum Gasteiger partial charge on any atom is 0.0433 e. The summed E-state index contributed by atoms with van der Waals surface area (Å²) in [5, 5.41) is 8.24. The van der Waals surface area contributed by atoms with Gasteiger partial charge in [-0.15, -0.1) is 12.4 Å². The molecule has 2 nitrogen and oxygen atoms in total. The molecule has 0 aliphatic rings. The highest BCUT2D eigenvalue weighted by Crippen LogP contribution is 1.94. The molecule has 0 aliphatic carbocycles. The third-order valence-corrected chi connectivity index (χ3v) is 0.706. The van der Waals surface area contributed by atoms with Crippen LogP contribution in [0, 0.1) is 5.92 Å². The lowest BCUT2D eigenvalue weighted by Crippen LogP contribution is -1.89. The minimum absolute atomic E-state index is 0. The van der Waals surface area contributed by atoms with Crippen LogP contribution in [0.4, 0.5) is 0 Å². The molecule has 0 atom stereocenters. The van der Waals surface area contributed by atoms with Gasteiger partial charge in [-0.2, -0.15) is 0 Å². The predicted molar refractivity (Wildman–Crippen MR) is 37.4 cm³/mol. The first-order valence-corrected chi connectivity index (χ1v) is 2.38. The number of aliphatic hydroxyl groups is 1. The number of aliphatic hydroxyl groups excluding tert-OH is 1. The molecule has 0 aliphatic heterocycles. The van der Waals surface area contributed by atoms with Crippen LogP contribution >= 0.6 is 12.4 Å². The summed E-state index contributed by atoms with van der Waals surface area (Å²) >= 11 is 0. The average Bonchev–Trinajstić information content (AvgIpc) is 1.35. The third-order valence-electron chi connectivity index (χ3n) is 0.706. The summed E-state index contributed by atoms with van der Waals surface area (Å²) < 4.78 is 0. The zero-order chi connectivity index (χ0) is 4.99. The van der Waals surface area contributed by atoms with Crippen LogP contribution in [0.15, 0.2) is 0 Å². The van der Waals surface area contributed by atoms with Gasteiger partial charge in [0.15, 0.2) is 0 Å². The van der Waals surface area contributed by atoms with Crippen molar-refractivity contribution in [3.63, 3.8) is 0 Å². The summed E-state index contributed by atoms with van der Waals surface area (Å²) in [6, 6.07) is 0. The molecule has 0 saturated heterocycles. The summed E-state index contributed by atoms with van der Waals surface area (Å²) in [5.41, 5.74) is 0. The molecule has 54 valence electrons. The van der Waals surface area contributed by atoms with Crippen molar-refractivity contribution < 1.29 is 10.6 Å². The molecule has 0 bridgehead atoms. The number of hydrogen-bond acceptors (Lipinski definition) is 1. The van der Waals surface area contributed by atoms with E-state index in [-0.39, 0.29) is 17.9 Å². The Labute approximate surface area is 56.6 Å². The van der Waals surface area contributed by atoms with E-state index < -0.39 is 0 Å². The zero-order valence-corrected chi connectivity index (χ0v) is 6.16. The van der Waals surface area contributed by atoms with Gasteiger partial charge in [0.25, 0.3) is 0 Å². The fourth-order valence-electron chi connectivity index (χ4n) is 0.258. The Balaban J connectivity index is -0.000000125. The summed E-state index contributed by atoms with van der Waals surface area (Å²) in [6.45, 7) is 4.52. The molecule has 0 aromatic carbocycles. The second kappa shape index (κ2) is 10.2. The molecule has 8 heavy (non-hydrogen) atoms. The molecule has 0 radical (unpaired) electrons. The quantitative estimate of drug-likeness (QED) is 0.604. The highest BCUT2D eigenvalue weighted by Gasteiger charge is 1.86. The molecular formula is C5H15ClO2. The minimum Gasteiger partial charge on any atom is -0.412 e. The SMILES string of the molecule is CC(C)CCO.Cl.O. The van der Waals surface area contributed by atoms with Crippen LogP contribution in [-0.4, -0.2) is 17.2 Å². The summed E-state index contributed by atoms with van der Waals surface area (Å²) in [6.07, 6.45) is 0.931. The van der Waals surface area contributed by atoms with Gasteiger partial charge in [0.1, 0.15) is 0 Å². The first-order valence-electron chi connectivity index (χ1n) is 2.38. The van der Waals surface area contributed by atoms with Crippen molar-refractivity contribution >= 4 is 12.4 Å². The van der Waals surface area contributed by atoms with Gasteiger partial charge in [0.2, 0.25) is 0 Å². The highest BCUT2D eigenvalue weighted by molar-refractivity contribution is 5.85. The van der Waals surface area contributed by atoms with E-state index in [0.29, 0.717) is 12.5 Å². The van der Waals surface area contributed by atoms with Crippen LogP contribution in [0.25, 0.3) is 0 Å². The van der Waals surface area contributed by atoms with Crippen molar-refractivity contribution in [2.24, 2.45) is 5.92 Å². The Morgan fingerprint density at radius 2 is 1.75 bits per heavy atom. The topological polar surface area (TPSA) is 51.7 Å². The maximum absolute atomic E-state index is 8.24. The van der Waals surface area contributed by atoms with Gasteiger partial charge in [-0.1, -0.05) is 13.8 Å². The van der Waals surface area contributed by atoms with E-state index in [1.165, 1.54) is 0 Å². The molecule has 3 heteroatoms. The van der Waals surface area contributed by atoms with E-state index in [2.05, 4.69) is 13.8 Å². The Morgan fingerprint density at radius 3 is 1.75 bits per heavy atom. The van der Waals surface area contributed by atoms with E-state index in [1.54, 1.807) is 0 Å². The van der Waals surface area contributed by atoms with Gasteiger partial charge < -0.3 is 10.6 Å². The van der Waals surface area contributed by atoms with E-state index in [1.807, 2.05) is 0 Å². The van der Waals surface area contributed by atoms with Crippen molar-refractivity contribution in [2.45, 2.75) is 20.3 Å². The van der Waals surface area contributed by atoms with Crippen molar-refractivity contribution in [3.05, 3.63) is 0 Å². The fourth-order valence-corrected chi connectivity index (χ4v) is 0.258. The summed E-state index contributed by atoms with van der Waals surface area (Å²) in [4.78, 5) is 0. The Morgan fingerprint density at radius 1 is 1.38 bits per heavy atom. The van der Waals surface area contributed by atoms with Crippen molar-refractivity contribution in [2.75, 3.05) is 6.61 Å².